The molecular formula is C14H28N4O2S. The van der Waals surface area contributed by atoms with Crippen molar-refractivity contribution in [2.24, 2.45) is 16.6 Å². The summed E-state index contributed by atoms with van der Waals surface area (Å²) in [6.45, 7) is 5.23. The summed E-state index contributed by atoms with van der Waals surface area (Å²) in [6.07, 6.45) is 6.55. The summed E-state index contributed by atoms with van der Waals surface area (Å²) in [6, 6.07) is -0.0329. The van der Waals surface area contributed by atoms with Crippen LogP contribution in [-0.2, 0) is 10.0 Å². The van der Waals surface area contributed by atoms with Gasteiger partial charge in [-0.2, -0.15) is 4.31 Å². The Hall–Kier alpha value is -0.820. The van der Waals surface area contributed by atoms with Crippen molar-refractivity contribution in [2.45, 2.75) is 45.1 Å². The zero-order valence-corrected chi connectivity index (χ0v) is 14.0. The van der Waals surface area contributed by atoms with E-state index in [2.05, 4.69) is 16.8 Å². The molecule has 2 saturated heterocycles. The average molecular weight is 316 g/mol. The summed E-state index contributed by atoms with van der Waals surface area (Å²) in [5, 5.41) is 0. The third-order valence-electron chi connectivity index (χ3n) is 4.44. The van der Waals surface area contributed by atoms with Crippen LogP contribution in [-0.4, -0.2) is 62.1 Å². The SMILES string of the molecule is CC1CCCN(C(N)=NCC2CCCCN2S(C)(=O)=O)C1. The van der Waals surface area contributed by atoms with Crippen molar-refractivity contribution >= 4 is 16.0 Å². The van der Waals surface area contributed by atoms with Gasteiger partial charge in [-0.15, -0.1) is 0 Å². The molecule has 2 heterocycles. The second kappa shape index (κ2) is 6.96. The van der Waals surface area contributed by atoms with Gasteiger partial charge in [-0.05, 0) is 31.6 Å². The molecule has 0 spiro atoms. The lowest BCUT2D eigenvalue weighted by atomic mass is 10.0. The molecule has 0 aromatic heterocycles. The van der Waals surface area contributed by atoms with Crippen LogP contribution in [0.1, 0.15) is 39.0 Å². The highest BCUT2D eigenvalue weighted by Gasteiger charge is 2.29. The zero-order valence-electron chi connectivity index (χ0n) is 13.2. The predicted molar refractivity (Wildman–Crippen MR) is 85.6 cm³/mol. The van der Waals surface area contributed by atoms with E-state index < -0.39 is 10.0 Å². The molecule has 6 nitrogen and oxygen atoms in total. The summed E-state index contributed by atoms with van der Waals surface area (Å²) in [5.41, 5.74) is 6.09. The van der Waals surface area contributed by atoms with Crippen LogP contribution in [0, 0.1) is 5.92 Å². The first kappa shape index (κ1) is 16.5. The third-order valence-corrected chi connectivity index (χ3v) is 5.78. The fraction of sp³-hybridized carbons (Fsp3) is 0.929. The Morgan fingerprint density at radius 1 is 1.24 bits per heavy atom. The van der Waals surface area contributed by atoms with Crippen LogP contribution < -0.4 is 5.73 Å². The van der Waals surface area contributed by atoms with Gasteiger partial charge in [0.1, 0.15) is 0 Å². The molecule has 2 fully saturated rings. The lowest BCUT2D eigenvalue weighted by molar-refractivity contribution is 0.254. The number of nitrogens with zero attached hydrogens (tertiary/aromatic N) is 3. The van der Waals surface area contributed by atoms with Crippen LogP contribution in [0.25, 0.3) is 0 Å². The van der Waals surface area contributed by atoms with Crippen molar-refractivity contribution in [3.63, 3.8) is 0 Å². The van der Waals surface area contributed by atoms with Gasteiger partial charge >= 0.3 is 0 Å². The van der Waals surface area contributed by atoms with Crippen molar-refractivity contribution in [1.29, 1.82) is 0 Å². The topological polar surface area (TPSA) is 79.0 Å². The van der Waals surface area contributed by atoms with Gasteiger partial charge in [0.15, 0.2) is 5.96 Å². The summed E-state index contributed by atoms with van der Waals surface area (Å²) in [4.78, 5) is 6.61. The first-order valence-corrected chi connectivity index (χ1v) is 9.74. The third kappa shape index (κ3) is 4.57. The molecule has 2 aliphatic rings. The Bertz CT molecular complexity index is 477. The first-order valence-electron chi connectivity index (χ1n) is 7.89. The molecular weight excluding hydrogens is 288 g/mol. The quantitative estimate of drug-likeness (QED) is 0.618. The zero-order chi connectivity index (χ0) is 15.5. The monoisotopic (exact) mass is 316 g/mol. The maximum atomic E-state index is 11.8. The van der Waals surface area contributed by atoms with Crippen molar-refractivity contribution in [3.05, 3.63) is 0 Å². The normalized spacial score (nSPS) is 29.6. The van der Waals surface area contributed by atoms with Crippen molar-refractivity contribution < 1.29 is 8.42 Å². The number of hydrogen-bond acceptors (Lipinski definition) is 3. The first-order chi connectivity index (χ1) is 9.88. The van der Waals surface area contributed by atoms with Crippen LogP contribution in [0.4, 0.5) is 0 Å². The molecule has 0 saturated carbocycles. The number of nitrogens with two attached hydrogens (primary N) is 1. The van der Waals surface area contributed by atoms with E-state index in [1.807, 2.05) is 0 Å². The van der Waals surface area contributed by atoms with Crippen LogP contribution in [0.2, 0.25) is 0 Å². The standard InChI is InChI=1S/C14H28N4O2S/c1-12-6-5-8-17(11-12)14(15)16-10-13-7-3-4-9-18(13)21(2,19)20/h12-13H,3-11H2,1-2H3,(H2,15,16). The van der Waals surface area contributed by atoms with Crippen LogP contribution in [0.5, 0.6) is 0 Å². The number of aliphatic imine (C=N–C) groups is 1. The lowest BCUT2D eigenvalue weighted by Gasteiger charge is -2.34. The Balaban J connectivity index is 1.97. The highest BCUT2D eigenvalue weighted by molar-refractivity contribution is 7.88. The van der Waals surface area contributed by atoms with Gasteiger partial charge in [-0.3, -0.25) is 4.99 Å². The van der Waals surface area contributed by atoms with Gasteiger partial charge in [0.25, 0.3) is 0 Å². The van der Waals surface area contributed by atoms with E-state index in [4.69, 9.17) is 5.73 Å². The highest BCUT2D eigenvalue weighted by Crippen LogP contribution is 2.20. The highest BCUT2D eigenvalue weighted by atomic mass is 32.2. The molecule has 2 aliphatic heterocycles. The minimum absolute atomic E-state index is 0.0329. The van der Waals surface area contributed by atoms with Gasteiger partial charge in [-0.25, -0.2) is 8.42 Å². The van der Waals surface area contributed by atoms with Crippen LogP contribution in [0.3, 0.4) is 0 Å². The van der Waals surface area contributed by atoms with E-state index >= 15 is 0 Å². The molecule has 7 heteroatoms. The number of guanidine groups is 1. The number of sulfonamides is 1. The Kier molecular flexibility index (Phi) is 5.48. The summed E-state index contributed by atoms with van der Waals surface area (Å²) >= 11 is 0. The molecule has 0 aromatic rings. The molecule has 0 radical (unpaired) electrons. The maximum Gasteiger partial charge on any atom is 0.211 e. The minimum Gasteiger partial charge on any atom is -0.370 e. The second-order valence-electron chi connectivity index (χ2n) is 6.42. The maximum absolute atomic E-state index is 11.8. The Morgan fingerprint density at radius 3 is 2.67 bits per heavy atom. The largest absolute Gasteiger partial charge is 0.370 e. The number of hydrogen-bond donors (Lipinski definition) is 1. The number of likely N-dealkylation sites (tertiary alicyclic amines) is 1. The van der Waals surface area contributed by atoms with E-state index in [0.29, 0.717) is 25.0 Å². The molecule has 2 rings (SSSR count). The number of rotatable bonds is 3. The molecule has 2 N–H and O–H groups in total. The molecule has 122 valence electrons. The van der Waals surface area contributed by atoms with E-state index in [1.165, 1.54) is 12.7 Å². The van der Waals surface area contributed by atoms with Crippen LogP contribution >= 0.6 is 0 Å². The predicted octanol–water partition coefficient (Wildman–Crippen LogP) is 0.847. The molecule has 21 heavy (non-hydrogen) atoms. The van der Waals surface area contributed by atoms with Gasteiger partial charge in [0.2, 0.25) is 10.0 Å². The Labute approximate surface area is 128 Å². The molecule has 2 atom stereocenters. The average Bonchev–Trinajstić information content (AvgIpc) is 2.44. The minimum atomic E-state index is -3.15. The molecule has 2 unspecified atom stereocenters. The molecule has 0 amide bonds. The van der Waals surface area contributed by atoms with Crippen molar-refractivity contribution in [3.8, 4) is 0 Å². The summed E-state index contributed by atoms with van der Waals surface area (Å²) < 4.78 is 25.2. The van der Waals surface area contributed by atoms with Gasteiger partial charge in [0, 0.05) is 25.7 Å². The van der Waals surface area contributed by atoms with E-state index in [1.54, 1.807) is 4.31 Å². The fourth-order valence-electron chi connectivity index (χ4n) is 3.29. The lowest BCUT2D eigenvalue weighted by Crippen LogP contribution is -2.47. The second-order valence-corrected chi connectivity index (χ2v) is 8.35. The molecule has 0 aromatic carbocycles. The van der Waals surface area contributed by atoms with Gasteiger partial charge in [-0.1, -0.05) is 13.3 Å². The van der Waals surface area contributed by atoms with Crippen molar-refractivity contribution in [2.75, 3.05) is 32.4 Å². The summed E-state index contributed by atoms with van der Waals surface area (Å²) in [5.74, 6) is 1.22. The van der Waals surface area contributed by atoms with E-state index in [-0.39, 0.29) is 6.04 Å². The van der Waals surface area contributed by atoms with E-state index in [9.17, 15) is 8.42 Å². The van der Waals surface area contributed by atoms with Crippen molar-refractivity contribution in [1.82, 2.24) is 9.21 Å². The Morgan fingerprint density at radius 2 is 2.00 bits per heavy atom. The van der Waals surface area contributed by atoms with Gasteiger partial charge < -0.3 is 10.6 Å². The molecule has 0 bridgehead atoms. The number of piperidine rings is 2. The van der Waals surface area contributed by atoms with Gasteiger partial charge in [0.05, 0.1) is 12.8 Å². The smallest absolute Gasteiger partial charge is 0.211 e. The summed E-state index contributed by atoms with van der Waals surface area (Å²) in [7, 11) is -3.15. The van der Waals surface area contributed by atoms with E-state index in [0.717, 1.165) is 38.8 Å². The fourth-order valence-corrected chi connectivity index (χ4v) is 4.46. The molecule has 0 aliphatic carbocycles. The van der Waals surface area contributed by atoms with Crippen LogP contribution in [0.15, 0.2) is 4.99 Å².